The minimum absolute atomic E-state index is 0.232. The predicted molar refractivity (Wildman–Crippen MR) is 63.6 cm³/mol. The molecule has 2 aromatic heterocycles. The monoisotopic (exact) mass is 234 g/mol. The third-order valence-corrected chi connectivity index (χ3v) is 3.96. The van der Waals surface area contributed by atoms with Crippen LogP contribution in [-0.4, -0.2) is 21.5 Å². The van der Waals surface area contributed by atoms with Crippen LogP contribution in [0.25, 0.3) is 0 Å². The Morgan fingerprint density at radius 1 is 1.62 bits per heavy atom. The number of hydrogen-bond donors (Lipinski definition) is 1. The highest BCUT2D eigenvalue weighted by atomic mass is 32.1. The molecule has 4 nitrogen and oxygen atoms in total. The van der Waals surface area contributed by atoms with Crippen LogP contribution < -0.4 is 5.32 Å². The SMILES string of the molecule is CCn1cc(C2NCCc3sccc32)nn1. The highest BCUT2D eigenvalue weighted by molar-refractivity contribution is 7.10. The van der Waals surface area contributed by atoms with Gasteiger partial charge in [0.15, 0.2) is 0 Å². The minimum Gasteiger partial charge on any atom is -0.304 e. The van der Waals surface area contributed by atoms with E-state index in [9.17, 15) is 0 Å². The lowest BCUT2D eigenvalue weighted by Crippen LogP contribution is -2.29. The summed E-state index contributed by atoms with van der Waals surface area (Å²) in [6, 6.07) is 2.43. The lowest BCUT2D eigenvalue weighted by Gasteiger charge is -2.22. The summed E-state index contributed by atoms with van der Waals surface area (Å²) in [7, 11) is 0. The molecule has 0 spiro atoms. The number of hydrogen-bond acceptors (Lipinski definition) is 4. The zero-order valence-electron chi connectivity index (χ0n) is 9.18. The summed E-state index contributed by atoms with van der Waals surface area (Å²) in [5.41, 5.74) is 2.40. The highest BCUT2D eigenvalue weighted by Gasteiger charge is 2.24. The highest BCUT2D eigenvalue weighted by Crippen LogP contribution is 2.30. The summed E-state index contributed by atoms with van der Waals surface area (Å²) >= 11 is 1.84. The first-order valence-corrected chi connectivity index (χ1v) is 6.46. The largest absolute Gasteiger partial charge is 0.304 e. The molecule has 16 heavy (non-hydrogen) atoms. The molecular weight excluding hydrogens is 220 g/mol. The van der Waals surface area contributed by atoms with Crippen molar-refractivity contribution in [2.24, 2.45) is 0 Å². The van der Waals surface area contributed by atoms with Gasteiger partial charge in [0.25, 0.3) is 0 Å². The Balaban J connectivity index is 1.97. The maximum Gasteiger partial charge on any atom is 0.104 e. The van der Waals surface area contributed by atoms with Crippen LogP contribution in [0.3, 0.4) is 0 Å². The van der Waals surface area contributed by atoms with Gasteiger partial charge in [-0.05, 0) is 30.4 Å². The van der Waals surface area contributed by atoms with Crippen LogP contribution in [0.15, 0.2) is 17.6 Å². The molecule has 0 aromatic carbocycles. The number of nitrogens with zero attached hydrogens (tertiary/aromatic N) is 3. The van der Waals surface area contributed by atoms with Crippen molar-refractivity contribution in [3.8, 4) is 0 Å². The molecule has 3 rings (SSSR count). The molecule has 0 aliphatic carbocycles. The van der Waals surface area contributed by atoms with Gasteiger partial charge in [-0.2, -0.15) is 0 Å². The predicted octanol–water partition coefficient (Wildman–Crippen LogP) is 1.59. The van der Waals surface area contributed by atoms with E-state index in [0.717, 1.165) is 25.2 Å². The van der Waals surface area contributed by atoms with E-state index >= 15 is 0 Å². The normalized spacial score (nSPS) is 19.7. The maximum atomic E-state index is 4.24. The van der Waals surface area contributed by atoms with Gasteiger partial charge in [0.05, 0.1) is 12.2 Å². The van der Waals surface area contributed by atoms with E-state index in [4.69, 9.17) is 0 Å². The van der Waals surface area contributed by atoms with Gasteiger partial charge < -0.3 is 5.32 Å². The van der Waals surface area contributed by atoms with E-state index in [2.05, 4.69) is 34.0 Å². The van der Waals surface area contributed by atoms with Crippen molar-refractivity contribution in [2.75, 3.05) is 6.54 Å². The standard InChI is InChI=1S/C11H14N4S/c1-2-15-7-9(13-14-15)11-8-4-6-16-10(8)3-5-12-11/h4,6-7,11-12H,2-3,5H2,1H3. The zero-order chi connectivity index (χ0) is 11.0. The van der Waals surface area contributed by atoms with Gasteiger partial charge in [0.1, 0.15) is 5.69 Å². The smallest absolute Gasteiger partial charge is 0.104 e. The Labute approximate surface area is 98.3 Å². The molecule has 5 heteroatoms. The Bertz CT molecular complexity index is 488. The summed E-state index contributed by atoms with van der Waals surface area (Å²) in [5.74, 6) is 0. The molecule has 84 valence electrons. The molecular formula is C11H14N4S. The lowest BCUT2D eigenvalue weighted by atomic mass is 10.0. The third kappa shape index (κ3) is 1.56. The second-order valence-corrected chi connectivity index (χ2v) is 4.94. The maximum absolute atomic E-state index is 4.24. The molecule has 3 heterocycles. The van der Waals surface area contributed by atoms with E-state index < -0.39 is 0 Å². The van der Waals surface area contributed by atoms with E-state index in [-0.39, 0.29) is 6.04 Å². The lowest BCUT2D eigenvalue weighted by molar-refractivity contribution is 0.562. The van der Waals surface area contributed by atoms with Crippen molar-refractivity contribution < 1.29 is 0 Å². The summed E-state index contributed by atoms with van der Waals surface area (Å²) in [5, 5.41) is 14.0. The molecule has 1 unspecified atom stereocenters. The average Bonchev–Trinajstić information content (AvgIpc) is 2.97. The molecule has 1 N–H and O–H groups in total. The van der Waals surface area contributed by atoms with Crippen molar-refractivity contribution in [1.82, 2.24) is 20.3 Å². The van der Waals surface area contributed by atoms with Crippen LogP contribution >= 0.6 is 11.3 Å². The molecule has 0 radical (unpaired) electrons. The van der Waals surface area contributed by atoms with Crippen molar-refractivity contribution in [2.45, 2.75) is 25.9 Å². The van der Waals surface area contributed by atoms with Crippen LogP contribution in [0.5, 0.6) is 0 Å². The Hall–Kier alpha value is -1.20. The average molecular weight is 234 g/mol. The number of thiophene rings is 1. The Kier molecular flexibility index (Phi) is 2.49. The molecule has 1 atom stereocenters. The van der Waals surface area contributed by atoms with Gasteiger partial charge in [-0.3, -0.25) is 4.68 Å². The first kappa shape index (κ1) is 9.99. The van der Waals surface area contributed by atoms with Crippen LogP contribution in [0.4, 0.5) is 0 Å². The first-order chi connectivity index (χ1) is 7.88. The molecule has 0 bridgehead atoms. The van der Waals surface area contributed by atoms with Crippen LogP contribution in [0, 0.1) is 0 Å². The van der Waals surface area contributed by atoms with Crippen molar-refractivity contribution in [1.29, 1.82) is 0 Å². The van der Waals surface area contributed by atoms with E-state index in [0.29, 0.717) is 0 Å². The molecule has 0 fully saturated rings. The fraction of sp³-hybridized carbons (Fsp3) is 0.455. The van der Waals surface area contributed by atoms with Crippen molar-refractivity contribution in [3.05, 3.63) is 33.8 Å². The third-order valence-electron chi connectivity index (χ3n) is 2.97. The van der Waals surface area contributed by atoms with Gasteiger partial charge >= 0.3 is 0 Å². The summed E-state index contributed by atoms with van der Waals surface area (Å²) in [4.78, 5) is 1.48. The second kappa shape index (κ2) is 3.99. The number of fused-ring (bicyclic) bond motifs is 1. The summed E-state index contributed by atoms with van der Waals surface area (Å²) in [6.07, 6.45) is 3.16. The molecule has 0 amide bonds. The van der Waals surface area contributed by atoms with Crippen LogP contribution in [-0.2, 0) is 13.0 Å². The summed E-state index contributed by atoms with van der Waals surface area (Å²) < 4.78 is 1.87. The van der Waals surface area contributed by atoms with E-state index in [1.165, 1.54) is 10.4 Å². The Morgan fingerprint density at radius 3 is 3.38 bits per heavy atom. The van der Waals surface area contributed by atoms with E-state index in [1.807, 2.05) is 22.2 Å². The topological polar surface area (TPSA) is 42.7 Å². The number of aryl methyl sites for hydroxylation is 1. The van der Waals surface area contributed by atoms with Gasteiger partial charge in [-0.15, -0.1) is 16.4 Å². The second-order valence-electron chi connectivity index (χ2n) is 3.94. The first-order valence-electron chi connectivity index (χ1n) is 5.58. The molecule has 1 aliphatic rings. The quantitative estimate of drug-likeness (QED) is 0.858. The Morgan fingerprint density at radius 2 is 2.56 bits per heavy atom. The van der Waals surface area contributed by atoms with Crippen molar-refractivity contribution in [3.63, 3.8) is 0 Å². The van der Waals surface area contributed by atoms with Gasteiger partial charge in [0.2, 0.25) is 0 Å². The van der Waals surface area contributed by atoms with Gasteiger partial charge in [0, 0.05) is 18.0 Å². The minimum atomic E-state index is 0.232. The fourth-order valence-corrected chi connectivity index (χ4v) is 3.04. The van der Waals surface area contributed by atoms with Crippen molar-refractivity contribution >= 4 is 11.3 Å². The number of aromatic nitrogens is 3. The zero-order valence-corrected chi connectivity index (χ0v) is 10.00. The molecule has 2 aromatic rings. The number of rotatable bonds is 2. The molecule has 0 saturated heterocycles. The molecule has 1 aliphatic heterocycles. The van der Waals surface area contributed by atoms with E-state index in [1.54, 1.807) is 0 Å². The van der Waals surface area contributed by atoms with Gasteiger partial charge in [-0.25, -0.2) is 0 Å². The summed E-state index contributed by atoms with van der Waals surface area (Å²) in [6.45, 7) is 3.97. The molecule has 0 saturated carbocycles. The van der Waals surface area contributed by atoms with Crippen LogP contribution in [0.1, 0.15) is 29.1 Å². The fourth-order valence-electron chi connectivity index (χ4n) is 2.12. The van der Waals surface area contributed by atoms with Gasteiger partial charge in [-0.1, -0.05) is 5.21 Å². The number of nitrogens with one attached hydrogen (secondary N) is 1. The van der Waals surface area contributed by atoms with Crippen LogP contribution in [0.2, 0.25) is 0 Å².